The zero-order valence-electron chi connectivity index (χ0n) is 15.2. The summed E-state index contributed by atoms with van der Waals surface area (Å²) >= 11 is 0. The van der Waals surface area contributed by atoms with Crippen LogP contribution >= 0.6 is 0 Å². The van der Waals surface area contributed by atoms with E-state index in [9.17, 15) is 14.0 Å². The molecular weight excluding hydrogens is 335 g/mol. The summed E-state index contributed by atoms with van der Waals surface area (Å²) in [6.45, 7) is 6.04. The Labute approximate surface area is 153 Å². The fourth-order valence-corrected chi connectivity index (χ4v) is 2.62. The van der Waals surface area contributed by atoms with Crippen LogP contribution in [0.4, 0.5) is 4.39 Å². The lowest BCUT2D eigenvalue weighted by Gasteiger charge is -2.34. The molecule has 0 unspecified atom stereocenters. The van der Waals surface area contributed by atoms with Crippen molar-refractivity contribution in [3.63, 3.8) is 0 Å². The predicted molar refractivity (Wildman–Crippen MR) is 98.6 cm³/mol. The number of ketones is 1. The fourth-order valence-electron chi connectivity index (χ4n) is 2.62. The highest BCUT2D eigenvalue weighted by atomic mass is 19.1. The molecule has 1 aromatic rings. The number of Topliss-reactive ketones (excluding diaryl/α,β-unsaturated/α-hetero) is 1. The van der Waals surface area contributed by atoms with Gasteiger partial charge in [-0.15, -0.1) is 0 Å². The maximum absolute atomic E-state index is 12.9. The van der Waals surface area contributed by atoms with Crippen molar-refractivity contribution in [3.8, 4) is 0 Å². The van der Waals surface area contributed by atoms with Crippen LogP contribution in [-0.4, -0.2) is 59.9 Å². The van der Waals surface area contributed by atoms with E-state index in [0.29, 0.717) is 37.5 Å². The number of hydrogen-bond acceptors (Lipinski definition) is 5. The zero-order valence-corrected chi connectivity index (χ0v) is 15.2. The number of nitrogens with one attached hydrogen (secondary N) is 1. The molecule has 6 nitrogen and oxygen atoms in total. The van der Waals surface area contributed by atoms with Crippen LogP contribution in [0.15, 0.2) is 36.0 Å². The summed E-state index contributed by atoms with van der Waals surface area (Å²) < 4.78 is 12.9. The normalized spacial score (nSPS) is 16.0. The molecular formula is C19H25FN4O2. The van der Waals surface area contributed by atoms with Crippen molar-refractivity contribution < 1.29 is 14.0 Å². The number of allylic oxidation sites excluding steroid dienone is 1. The quantitative estimate of drug-likeness (QED) is 0.459. The molecule has 1 heterocycles. The summed E-state index contributed by atoms with van der Waals surface area (Å²) in [6.07, 6.45) is 1.41. The summed E-state index contributed by atoms with van der Waals surface area (Å²) in [4.78, 5) is 28.2. The number of nitrogens with zero attached hydrogens (tertiary/aromatic N) is 2. The van der Waals surface area contributed by atoms with Gasteiger partial charge >= 0.3 is 0 Å². The van der Waals surface area contributed by atoms with E-state index in [4.69, 9.17) is 11.1 Å². The molecule has 0 bridgehead atoms. The van der Waals surface area contributed by atoms with Gasteiger partial charge in [-0.3, -0.25) is 14.5 Å². The van der Waals surface area contributed by atoms with Gasteiger partial charge in [0, 0.05) is 37.5 Å². The third-order valence-electron chi connectivity index (χ3n) is 4.37. The van der Waals surface area contributed by atoms with Crippen molar-refractivity contribution in [2.75, 3.05) is 32.7 Å². The Morgan fingerprint density at radius 3 is 2.31 bits per heavy atom. The summed E-state index contributed by atoms with van der Waals surface area (Å²) in [6, 6.07) is 5.50. The van der Waals surface area contributed by atoms with Crippen LogP contribution in [0, 0.1) is 17.1 Å². The predicted octanol–water partition coefficient (Wildman–Crippen LogP) is 1.67. The zero-order chi connectivity index (χ0) is 19.3. The van der Waals surface area contributed by atoms with Gasteiger partial charge in [-0.2, -0.15) is 0 Å². The SMILES string of the molecule is CC(C)C(=N)/C=C(\N)C(=O)N1CCN(CC(=O)c2ccc(F)cc2)CC1. The first-order valence-electron chi connectivity index (χ1n) is 8.64. The number of halogens is 1. The van der Waals surface area contributed by atoms with Crippen LogP contribution in [0.5, 0.6) is 0 Å². The summed E-state index contributed by atoms with van der Waals surface area (Å²) in [7, 11) is 0. The lowest BCUT2D eigenvalue weighted by atomic mass is 10.1. The number of carbonyl (C=O) groups is 2. The molecule has 7 heteroatoms. The molecule has 0 radical (unpaired) electrons. The molecule has 3 N–H and O–H groups in total. The van der Waals surface area contributed by atoms with Crippen LogP contribution in [0.3, 0.4) is 0 Å². The van der Waals surface area contributed by atoms with E-state index in [2.05, 4.69) is 0 Å². The van der Waals surface area contributed by atoms with Crippen molar-refractivity contribution in [1.82, 2.24) is 9.80 Å². The van der Waals surface area contributed by atoms with Crippen molar-refractivity contribution in [1.29, 1.82) is 5.41 Å². The third kappa shape index (κ3) is 5.23. The van der Waals surface area contributed by atoms with Crippen LogP contribution in [0.25, 0.3) is 0 Å². The van der Waals surface area contributed by atoms with Gasteiger partial charge in [-0.1, -0.05) is 13.8 Å². The second-order valence-electron chi connectivity index (χ2n) is 6.71. The minimum atomic E-state index is -0.370. The maximum atomic E-state index is 12.9. The second kappa shape index (κ2) is 8.71. The molecule has 0 aromatic heterocycles. The molecule has 1 aliphatic heterocycles. The highest BCUT2D eigenvalue weighted by Crippen LogP contribution is 2.09. The third-order valence-corrected chi connectivity index (χ3v) is 4.37. The Morgan fingerprint density at radius 2 is 1.77 bits per heavy atom. The molecule has 2 rings (SSSR count). The summed E-state index contributed by atoms with van der Waals surface area (Å²) in [5.74, 6) is -0.713. The number of hydrogen-bond donors (Lipinski definition) is 2. The molecule has 0 atom stereocenters. The first-order valence-corrected chi connectivity index (χ1v) is 8.64. The number of rotatable bonds is 6. The van der Waals surface area contributed by atoms with E-state index in [0.717, 1.165) is 0 Å². The summed E-state index contributed by atoms with van der Waals surface area (Å²) in [5, 5.41) is 7.79. The number of carbonyl (C=O) groups excluding carboxylic acids is 2. The van der Waals surface area contributed by atoms with E-state index >= 15 is 0 Å². The smallest absolute Gasteiger partial charge is 0.269 e. The van der Waals surface area contributed by atoms with E-state index < -0.39 is 0 Å². The highest BCUT2D eigenvalue weighted by molar-refractivity contribution is 6.03. The molecule has 1 saturated heterocycles. The average Bonchev–Trinajstić information content (AvgIpc) is 2.62. The number of benzene rings is 1. The fraction of sp³-hybridized carbons (Fsp3) is 0.421. The number of nitrogens with two attached hydrogens (primary N) is 1. The van der Waals surface area contributed by atoms with Crippen LogP contribution in [0.2, 0.25) is 0 Å². The largest absolute Gasteiger partial charge is 0.394 e. The standard InChI is InChI=1S/C19H25FN4O2/c1-13(2)16(21)11-17(22)19(26)24-9-7-23(8-10-24)12-18(25)14-3-5-15(20)6-4-14/h3-6,11,13,21H,7-10,12,22H2,1-2H3/b17-11-,21-16?. The molecule has 1 fully saturated rings. The van der Waals surface area contributed by atoms with E-state index in [1.54, 1.807) is 4.90 Å². The van der Waals surface area contributed by atoms with E-state index in [1.807, 2.05) is 18.7 Å². The van der Waals surface area contributed by atoms with Crippen molar-refractivity contribution in [2.45, 2.75) is 13.8 Å². The van der Waals surface area contributed by atoms with E-state index in [1.165, 1.54) is 30.3 Å². The maximum Gasteiger partial charge on any atom is 0.269 e. The monoisotopic (exact) mass is 360 g/mol. The number of amides is 1. The molecule has 1 amide bonds. The van der Waals surface area contributed by atoms with Gasteiger partial charge in [-0.25, -0.2) is 4.39 Å². The lowest BCUT2D eigenvalue weighted by molar-refractivity contribution is -0.128. The van der Waals surface area contributed by atoms with Gasteiger partial charge in [0.2, 0.25) is 0 Å². The number of piperazine rings is 1. The topological polar surface area (TPSA) is 90.5 Å². The molecule has 1 aromatic carbocycles. The molecule has 0 aliphatic carbocycles. The molecule has 140 valence electrons. The minimum Gasteiger partial charge on any atom is -0.394 e. The molecule has 0 saturated carbocycles. The minimum absolute atomic E-state index is 0.00988. The van der Waals surface area contributed by atoms with Gasteiger partial charge < -0.3 is 16.0 Å². The van der Waals surface area contributed by atoms with Crippen molar-refractivity contribution in [2.24, 2.45) is 11.7 Å². The first kappa shape index (κ1) is 19.8. The lowest BCUT2D eigenvalue weighted by Crippen LogP contribution is -2.50. The Balaban J connectivity index is 1.86. The molecule has 0 spiro atoms. The van der Waals surface area contributed by atoms with Crippen molar-refractivity contribution in [3.05, 3.63) is 47.4 Å². The van der Waals surface area contributed by atoms with Crippen LogP contribution < -0.4 is 5.73 Å². The average molecular weight is 360 g/mol. The van der Waals surface area contributed by atoms with Crippen LogP contribution in [0.1, 0.15) is 24.2 Å². The Hall–Kier alpha value is -2.54. The van der Waals surface area contributed by atoms with Gasteiger partial charge in [0.1, 0.15) is 5.82 Å². The highest BCUT2D eigenvalue weighted by Gasteiger charge is 2.24. The van der Waals surface area contributed by atoms with Gasteiger partial charge in [-0.05, 0) is 36.3 Å². The second-order valence-corrected chi connectivity index (χ2v) is 6.71. The molecule has 26 heavy (non-hydrogen) atoms. The van der Waals surface area contributed by atoms with Gasteiger partial charge in [0.25, 0.3) is 5.91 Å². The summed E-state index contributed by atoms with van der Waals surface area (Å²) in [5.41, 5.74) is 6.69. The first-order chi connectivity index (χ1) is 12.3. The molecule has 1 aliphatic rings. The Bertz CT molecular complexity index is 705. The van der Waals surface area contributed by atoms with Gasteiger partial charge in [0.05, 0.1) is 12.2 Å². The van der Waals surface area contributed by atoms with Crippen molar-refractivity contribution >= 4 is 17.4 Å². The van der Waals surface area contributed by atoms with Crippen LogP contribution in [-0.2, 0) is 4.79 Å². The Kier molecular flexibility index (Phi) is 6.63. The Morgan fingerprint density at radius 1 is 1.19 bits per heavy atom. The van der Waals surface area contributed by atoms with Gasteiger partial charge in [0.15, 0.2) is 5.78 Å². The van der Waals surface area contributed by atoms with E-state index in [-0.39, 0.29) is 35.7 Å².